The highest BCUT2D eigenvalue weighted by molar-refractivity contribution is 5.42. The zero-order valence-electron chi connectivity index (χ0n) is 10.1. The van der Waals surface area contributed by atoms with Gasteiger partial charge in [-0.25, -0.2) is 0 Å². The third-order valence-electron chi connectivity index (χ3n) is 2.83. The minimum absolute atomic E-state index is 0.330. The van der Waals surface area contributed by atoms with Gasteiger partial charge in [0.25, 0.3) is 0 Å². The van der Waals surface area contributed by atoms with Gasteiger partial charge >= 0.3 is 0 Å². The van der Waals surface area contributed by atoms with Crippen LogP contribution >= 0.6 is 0 Å². The van der Waals surface area contributed by atoms with Crippen molar-refractivity contribution in [3.8, 4) is 0 Å². The molecular weight excluding hydrogens is 208 g/mol. The average molecular weight is 226 g/mol. The Morgan fingerprint density at radius 2 is 1.47 bits per heavy atom. The Morgan fingerprint density at radius 1 is 0.882 bits per heavy atom. The molecular formula is C15H18N2. The summed E-state index contributed by atoms with van der Waals surface area (Å²) in [7, 11) is 1.99. The Bertz CT molecular complexity index is 425. The van der Waals surface area contributed by atoms with Gasteiger partial charge in [0.1, 0.15) is 0 Å². The van der Waals surface area contributed by atoms with Crippen LogP contribution in [0.2, 0.25) is 0 Å². The van der Waals surface area contributed by atoms with Crippen LogP contribution in [-0.2, 0) is 0 Å². The Morgan fingerprint density at radius 3 is 2.06 bits per heavy atom. The van der Waals surface area contributed by atoms with Gasteiger partial charge < -0.3 is 10.6 Å². The number of para-hydroxylation sites is 1. The standard InChI is InChI=1S/C15H18N2/c1-16-15(13-8-4-2-5-9-13)12-17-14-10-6-3-7-11-14/h2-11,15-17H,12H2,1H3. The molecule has 0 aliphatic carbocycles. The zero-order chi connectivity index (χ0) is 11.9. The van der Waals surface area contributed by atoms with Gasteiger partial charge in [0.15, 0.2) is 0 Å². The monoisotopic (exact) mass is 226 g/mol. The van der Waals surface area contributed by atoms with Crippen LogP contribution in [0.4, 0.5) is 5.69 Å². The van der Waals surface area contributed by atoms with E-state index >= 15 is 0 Å². The van der Waals surface area contributed by atoms with Crippen molar-refractivity contribution in [2.24, 2.45) is 0 Å². The first-order chi connectivity index (χ1) is 8.40. The summed E-state index contributed by atoms with van der Waals surface area (Å²) in [6, 6.07) is 21.1. The van der Waals surface area contributed by atoms with Crippen molar-refractivity contribution in [2.75, 3.05) is 18.9 Å². The molecule has 2 nitrogen and oxygen atoms in total. The van der Waals surface area contributed by atoms with E-state index in [2.05, 4.69) is 47.0 Å². The summed E-state index contributed by atoms with van der Waals surface area (Å²) in [6.07, 6.45) is 0. The molecule has 0 saturated heterocycles. The Labute approximate surface area is 103 Å². The van der Waals surface area contributed by atoms with E-state index in [1.807, 2.05) is 31.3 Å². The molecule has 2 aromatic carbocycles. The quantitative estimate of drug-likeness (QED) is 0.818. The average Bonchev–Trinajstić information content (AvgIpc) is 2.42. The largest absolute Gasteiger partial charge is 0.383 e. The molecule has 2 aromatic rings. The van der Waals surface area contributed by atoms with E-state index in [1.165, 1.54) is 5.56 Å². The summed E-state index contributed by atoms with van der Waals surface area (Å²) in [4.78, 5) is 0. The van der Waals surface area contributed by atoms with Crippen LogP contribution < -0.4 is 10.6 Å². The van der Waals surface area contributed by atoms with Crippen LogP contribution in [0.5, 0.6) is 0 Å². The first-order valence-electron chi connectivity index (χ1n) is 5.91. The maximum atomic E-state index is 3.43. The maximum Gasteiger partial charge on any atom is 0.0493 e. The number of hydrogen-bond donors (Lipinski definition) is 2. The van der Waals surface area contributed by atoms with Crippen LogP contribution in [0.25, 0.3) is 0 Å². The van der Waals surface area contributed by atoms with Crippen LogP contribution in [0.1, 0.15) is 11.6 Å². The molecule has 0 fully saturated rings. The summed E-state index contributed by atoms with van der Waals surface area (Å²) in [5, 5.41) is 6.76. The van der Waals surface area contributed by atoms with E-state index in [4.69, 9.17) is 0 Å². The molecule has 1 atom stereocenters. The summed E-state index contributed by atoms with van der Waals surface area (Å²) in [5.74, 6) is 0. The molecule has 88 valence electrons. The van der Waals surface area contributed by atoms with Crippen molar-refractivity contribution in [1.82, 2.24) is 5.32 Å². The molecule has 2 N–H and O–H groups in total. The first-order valence-corrected chi connectivity index (χ1v) is 5.91. The van der Waals surface area contributed by atoms with Crippen LogP contribution in [0, 0.1) is 0 Å². The lowest BCUT2D eigenvalue weighted by Crippen LogP contribution is -2.24. The second-order valence-electron chi connectivity index (χ2n) is 4.00. The van der Waals surface area contributed by atoms with Crippen molar-refractivity contribution in [2.45, 2.75) is 6.04 Å². The van der Waals surface area contributed by atoms with Crippen molar-refractivity contribution in [1.29, 1.82) is 0 Å². The molecule has 0 radical (unpaired) electrons. The Balaban J connectivity index is 1.97. The molecule has 17 heavy (non-hydrogen) atoms. The highest BCUT2D eigenvalue weighted by Crippen LogP contribution is 2.13. The number of benzene rings is 2. The van der Waals surface area contributed by atoms with Crippen LogP contribution in [0.3, 0.4) is 0 Å². The molecule has 1 unspecified atom stereocenters. The summed E-state index contributed by atoms with van der Waals surface area (Å²) >= 11 is 0. The SMILES string of the molecule is CNC(CNc1ccccc1)c1ccccc1. The fourth-order valence-corrected chi connectivity index (χ4v) is 1.85. The van der Waals surface area contributed by atoms with Crippen molar-refractivity contribution < 1.29 is 0 Å². The minimum atomic E-state index is 0.330. The molecule has 0 amide bonds. The van der Waals surface area contributed by atoms with Crippen molar-refractivity contribution in [3.63, 3.8) is 0 Å². The topological polar surface area (TPSA) is 24.1 Å². The molecule has 0 heterocycles. The number of likely N-dealkylation sites (N-methyl/N-ethyl adjacent to an activating group) is 1. The molecule has 0 bridgehead atoms. The van der Waals surface area contributed by atoms with E-state index in [0.717, 1.165) is 12.2 Å². The van der Waals surface area contributed by atoms with E-state index in [1.54, 1.807) is 0 Å². The molecule has 2 rings (SSSR count). The molecule has 2 heteroatoms. The molecule has 0 aliphatic heterocycles. The minimum Gasteiger partial charge on any atom is -0.383 e. The van der Waals surface area contributed by atoms with Gasteiger partial charge in [-0.2, -0.15) is 0 Å². The maximum absolute atomic E-state index is 3.43. The summed E-state index contributed by atoms with van der Waals surface area (Å²) < 4.78 is 0. The third-order valence-corrected chi connectivity index (χ3v) is 2.83. The lowest BCUT2D eigenvalue weighted by Gasteiger charge is -2.18. The van der Waals surface area contributed by atoms with Crippen molar-refractivity contribution >= 4 is 5.69 Å². The molecule has 0 aromatic heterocycles. The van der Waals surface area contributed by atoms with Crippen LogP contribution in [0.15, 0.2) is 60.7 Å². The molecule has 0 saturated carbocycles. The molecule has 0 aliphatic rings. The fourth-order valence-electron chi connectivity index (χ4n) is 1.85. The predicted octanol–water partition coefficient (Wildman–Crippen LogP) is 3.06. The number of anilines is 1. The summed E-state index contributed by atoms with van der Waals surface area (Å²) in [5.41, 5.74) is 2.46. The first kappa shape index (κ1) is 11.7. The van der Waals surface area contributed by atoms with Gasteiger partial charge in [-0.1, -0.05) is 48.5 Å². The predicted molar refractivity (Wildman–Crippen MR) is 73.2 cm³/mol. The summed E-state index contributed by atoms with van der Waals surface area (Å²) in [6.45, 7) is 0.879. The lowest BCUT2D eigenvalue weighted by molar-refractivity contribution is 0.622. The third kappa shape index (κ3) is 3.33. The van der Waals surface area contributed by atoms with Crippen molar-refractivity contribution in [3.05, 3.63) is 66.2 Å². The highest BCUT2D eigenvalue weighted by atomic mass is 15.0. The van der Waals surface area contributed by atoms with Crippen LogP contribution in [-0.4, -0.2) is 13.6 Å². The second-order valence-corrected chi connectivity index (χ2v) is 4.00. The van der Waals surface area contributed by atoms with E-state index in [-0.39, 0.29) is 0 Å². The van der Waals surface area contributed by atoms with E-state index < -0.39 is 0 Å². The van der Waals surface area contributed by atoms with Gasteiger partial charge in [0.05, 0.1) is 0 Å². The lowest BCUT2D eigenvalue weighted by atomic mass is 10.1. The molecule has 0 spiro atoms. The Kier molecular flexibility index (Phi) is 4.17. The number of rotatable bonds is 5. The normalized spacial score (nSPS) is 12.1. The fraction of sp³-hybridized carbons (Fsp3) is 0.200. The number of nitrogens with one attached hydrogen (secondary N) is 2. The van der Waals surface area contributed by atoms with E-state index in [9.17, 15) is 0 Å². The van der Waals surface area contributed by atoms with Gasteiger partial charge in [-0.15, -0.1) is 0 Å². The Hall–Kier alpha value is -1.80. The van der Waals surface area contributed by atoms with Gasteiger partial charge in [-0.05, 0) is 24.7 Å². The second kappa shape index (κ2) is 6.06. The zero-order valence-corrected chi connectivity index (χ0v) is 10.1. The van der Waals surface area contributed by atoms with Gasteiger partial charge in [0, 0.05) is 18.3 Å². The van der Waals surface area contributed by atoms with E-state index in [0.29, 0.717) is 6.04 Å². The van der Waals surface area contributed by atoms with Gasteiger partial charge in [-0.3, -0.25) is 0 Å². The number of hydrogen-bond acceptors (Lipinski definition) is 2. The van der Waals surface area contributed by atoms with Gasteiger partial charge in [0.2, 0.25) is 0 Å². The smallest absolute Gasteiger partial charge is 0.0493 e. The highest BCUT2D eigenvalue weighted by Gasteiger charge is 2.07.